The number of rotatable bonds is 8. The van der Waals surface area contributed by atoms with Crippen LogP contribution in [0.5, 0.6) is 0 Å². The Morgan fingerprint density at radius 1 is 0.929 bits per heavy atom. The second kappa shape index (κ2) is 18.6. The van der Waals surface area contributed by atoms with Gasteiger partial charge in [0.15, 0.2) is 0 Å². The second-order valence-electron chi connectivity index (χ2n) is 2.76. The fraction of sp³-hybridized carbons (Fsp3) is 1.00. The molecule has 0 aromatic carbocycles. The van der Waals surface area contributed by atoms with E-state index < -0.39 is 0 Å². The Morgan fingerprint density at radius 3 is 1.93 bits per heavy atom. The maximum Gasteiger partial charge on any atom is 0.0693 e. The Kier molecular flexibility index (Phi) is 21.6. The molecule has 0 amide bonds. The molecule has 0 saturated heterocycles. The van der Waals surface area contributed by atoms with Crippen molar-refractivity contribution in [3.05, 3.63) is 0 Å². The minimum absolute atomic E-state index is 0.122. The molecule has 0 rings (SSSR count). The highest BCUT2D eigenvalue weighted by Gasteiger charge is 1.85. The van der Waals surface area contributed by atoms with Crippen LogP contribution in [0.15, 0.2) is 0 Å². The van der Waals surface area contributed by atoms with Crippen LogP contribution in [0.2, 0.25) is 0 Å². The van der Waals surface area contributed by atoms with E-state index in [2.05, 4.69) is 11.7 Å². The van der Waals surface area contributed by atoms with Crippen LogP contribution in [-0.2, 0) is 9.47 Å². The molecule has 0 unspecified atom stereocenters. The van der Waals surface area contributed by atoms with Crippen molar-refractivity contribution in [1.82, 2.24) is 0 Å². The average molecular weight is 208 g/mol. The summed E-state index contributed by atoms with van der Waals surface area (Å²) in [4.78, 5) is 0. The standard InChI is InChI=1S/C7H16O2.C3H8O2/c1-2-3-6-9-7-4-5-8;1-5-3-2-4/h8H,2-7H2,1H3;4H,2-3H2,1H3. The molecule has 0 aliphatic heterocycles. The molecule has 4 nitrogen and oxygen atoms in total. The molecule has 0 radical (unpaired) electrons. The van der Waals surface area contributed by atoms with Gasteiger partial charge >= 0.3 is 0 Å². The van der Waals surface area contributed by atoms with Gasteiger partial charge in [0.1, 0.15) is 0 Å². The largest absolute Gasteiger partial charge is 0.396 e. The minimum Gasteiger partial charge on any atom is -0.396 e. The number of methoxy groups -OCH3 is 1. The number of ether oxygens (including phenoxy) is 2. The third-order valence-electron chi connectivity index (χ3n) is 1.38. The van der Waals surface area contributed by atoms with Crippen LogP contribution in [0.3, 0.4) is 0 Å². The number of unbranched alkanes of at least 4 members (excludes halogenated alkanes) is 1. The van der Waals surface area contributed by atoms with E-state index in [1.54, 1.807) is 7.11 Å². The Hall–Kier alpha value is -0.160. The van der Waals surface area contributed by atoms with Crippen molar-refractivity contribution in [2.75, 3.05) is 40.1 Å². The molecule has 88 valence electrons. The molecular formula is C10H24O4. The quantitative estimate of drug-likeness (QED) is 0.580. The summed E-state index contributed by atoms with van der Waals surface area (Å²) in [6.45, 7) is 4.49. The van der Waals surface area contributed by atoms with E-state index >= 15 is 0 Å². The van der Waals surface area contributed by atoms with Gasteiger partial charge in [-0.2, -0.15) is 0 Å². The van der Waals surface area contributed by atoms with Crippen molar-refractivity contribution >= 4 is 0 Å². The van der Waals surface area contributed by atoms with Crippen LogP contribution < -0.4 is 0 Å². The maximum absolute atomic E-state index is 8.34. The molecule has 0 heterocycles. The maximum atomic E-state index is 8.34. The highest BCUT2D eigenvalue weighted by atomic mass is 16.5. The number of hydrogen-bond acceptors (Lipinski definition) is 4. The fourth-order valence-electron chi connectivity index (χ4n) is 0.606. The summed E-state index contributed by atoms with van der Waals surface area (Å²) >= 11 is 0. The monoisotopic (exact) mass is 208 g/mol. The first kappa shape index (κ1) is 16.3. The molecule has 0 aliphatic carbocycles. The van der Waals surface area contributed by atoms with Crippen LogP contribution in [-0.4, -0.2) is 50.4 Å². The van der Waals surface area contributed by atoms with E-state index in [9.17, 15) is 0 Å². The van der Waals surface area contributed by atoms with Crippen LogP contribution in [0.25, 0.3) is 0 Å². The molecular weight excluding hydrogens is 184 g/mol. The molecule has 0 atom stereocenters. The van der Waals surface area contributed by atoms with Gasteiger partial charge in [-0.1, -0.05) is 13.3 Å². The van der Waals surface area contributed by atoms with Crippen molar-refractivity contribution in [1.29, 1.82) is 0 Å². The smallest absolute Gasteiger partial charge is 0.0693 e. The van der Waals surface area contributed by atoms with Crippen LogP contribution in [0.4, 0.5) is 0 Å². The molecule has 14 heavy (non-hydrogen) atoms. The van der Waals surface area contributed by atoms with Crippen LogP contribution in [0, 0.1) is 0 Å². The molecule has 0 saturated carbocycles. The van der Waals surface area contributed by atoms with Crippen molar-refractivity contribution in [3.8, 4) is 0 Å². The van der Waals surface area contributed by atoms with Gasteiger partial charge in [0, 0.05) is 26.9 Å². The molecule has 0 aliphatic rings. The lowest BCUT2D eigenvalue weighted by Crippen LogP contribution is -1.98. The van der Waals surface area contributed by atoms with Gasteiger partial charge < -0.3 is 19.7 Å². The van der Waals surface area contributed by atoms with Gasteiger partial charge in [-0.15, -0.1) is 0 Å². The zero-order valence-corrected chi connectivity index (χ0v) is 9.37. The SMILES string of the molecule is CCCCOCCCO.COCCO. The first-order valence-electron chi connectivity index (χ1n) is 5.11. The fourth-order valence-corrected chi connectivity index (χ4v) is 0.606. The lowest BCUT2D eigenvalue weighted by molar-refractivity contribution is 0.114. The third-order valence-corrected chi connectivity index (χ3v) is 1.38. The summed E-state index contributed by atoms with van der Waals surface area (Å²) in [7, 11) is 1.55. The predicted molar refractivity (Wildman–Crippen MR) is 56.4 cm³/mol. The van der Waals surface area contributed by atoms with Crippen molar-refractivity contribution < 1.29 is 19.7 Å². The van der Waals surface area contributed by atoms with Crippen LogP contribution in [0.1, 0.15) is 26.2 Å². The van der Waals surface area contributed by atoms with Gasteiger partial charge in [-0.05, 0) is 12.8 Å². The Bertz CT molecular complexity index is 70.5. The predicted octanol–water partition coefficient (Wildman–Crippen LogP) is 0.811. The van der Waals surface area contributed by atoms with Crippen molar-refractivity contribution in [2.45, 2.75) is 26.2 Å². The van der Waals surface area contributed by atoms with Gasteiger partial charge in [0.2, 0.25) is 0 Å². The topological polar surface area (TPSA) is 58.9 Å². The first-order chi connectivity index (χ1) is 6.83. The molecule has 0 aromatic rings. The van der Waals surface area contributed by atoms with Gasteiger partial charge in [-0.3, -0.25) is 0 Å². The van der Waals surface area contributed by atoms with Gasteiger partial charge in [0.05, 0.1) is 13.2 Å². The van der Waals surface area contributed by atoms with E-state index in [0.29, 0.717) is 13.2 Å². The third kappa shape index (κ3) is 22.6. The number of aliphatic hydroxyl groups is 2. The Morgan fingerprint density at radius 2 is 1.57 bits per heavy atom. The summed E-state index contributed by atoms with van der Waals surface area (Å²) in [5.41, 5.74) is 0. The molecule has 0 bridgehead atoms. The zero-order chi connectivity index (χ0) is 11.1. The van der Waals surface area contributed by atoms with E-state index in [4.69, 9.17) is 14.9 Å². The molecule has 0 spiro atoms. The summed E-state index contributed by atoms with van der Waals surface area (Å²) in [5.74, 6) is 0. The van der Waals surface area contributed by atoms with E-state index in [1.165, 1.54) is 6.42 Å². The molecule has 2 N–H and O–H groups in total. The van der Waals surface area contributed by atoms with E-state index in [0.717, 1.165) is 19.4 Å². The molecule has 4 heteroatoms. The Labute approximate surface area is 86.8 Å². The highest BCUT2D eigenvalue weighted by Crippen LogP contribution is 1.88. The molecule has 0 aromatic heterocycles. The summed E-state index contributed by atoms with van der Waals surface area (Å²) in [5, 5.41) is 16.3. The summed E-state index contributed by atoms with van der Waals surface area (Å²) < 4.78 is 9.60. The number of aliphatic hydroxyl groups excluding tert-OH is 2. The lowest BCUT2D eigenvalue weighted by atomic mass is 10.4. The van der Waals surface area contributed by atoms with E-state index in [-0.39, 0.29) is 13.2 Å². The minimum atomic E-state index is 0.122. The second-order valence-corrected chi connectivity index (χ2v) is 2.76. The van der Waals surface area contributed by atoms with Crippen LogP contribution >= 0.6 is 0 Å². The van der Waals surface area contributed by atoms with Gasteiger partial charge in [-0.25, -0.2) is 0 Å². The normalized spacial score (nSPS) is 9.43. The number of hydrogen-bond donors (Lipinski definition) is 2. The highest BCUT2D eigenvalue weighted by molar-refractivity contribution is 4.33. The Balaban J connectivity index is 0. The first-order valence-corrected chi connectivity index (χ1v) is 5.11. The lowest BCUT2D eigenvalue weighted by Gasteiger charge is -1.99. The van der Waals surface area contributed by atoms with E-state index in [1.807, 2.05) is 0 Å². The molecule has 0 fully saturated rings. The van der Waals surface area contributed by atoms with Crippen molar-refractivity contribution in [2.24, 2.45) is 0 Å². The van der Waals surface area contributed by atoms with Crippen molar-refractivity contribution in [3.63, 3.8) is 0 Å². The summed E-state index contributed by atoms with van der Waals surface area (Å²) in [6, 6.07) is 0. The van der Waals surface area contributed by atoms with Gasteiger partial charge in [0.25, 0.3) is 0 Å². The average Bonchev–Trinajstić information content (AvgIpc) is 2.20. The zero-order valence-electron chi connectivity index (χ0n) is 9.37. The summed E-state index contributed by atoms with van der Waals surface area (Å²) in [6.07, 6.45) is 3.08.